The number of aromatic nitrogens is 1. The highest BCUT2D eigenvalue weighted by Gasteiger charge is 2.30. The Morgan fingerprint density at radius 3 is 2.39 bits per heavy atom. The third kappa shape index (κ3) is 5.27. The highest BCUT2D eigenvalue weighted by atomic mass is 19.4. The molecule has 9 nitrogen and oxygen atoms in total. The van der Waals surface area contributed by atoms with Gasteiger partial charge in [0, 0.05) is 37.2 Å². The summed E-state index contributed by atoms with van der Waals surface area (Å²) in [5.74, 6) is -0.577. The fourth-order valence-corrected chi connectivity index (χ4v) is 3.37. The normalized spacial score (nSPS) is 16.6. The van der Waals surface area contributed by atoms with Gasteiger partial charge in [-0.2, -0.15) is 13.2 Å². The van der Waals surface area contributed by atoms with Crippen molar-refractivity contribution in [1.29, 1.82) is 0 Å². The molecule has 4 amide bonds. The predicted molar refractivity (Wildman–Crippen MR) is 104 cm³/mol. The molecule has 0 saturated carbocycles. The molecule has 2 heterocycles. The van der Waals surface area contributed by atoms with Crippen LogP contribution in [0.3, 0.4) is 0 Å². The first-order chi connectivity index (χ1) is 14.5. The van der Waals surface area contributed by atoms with Crippen LogP contribution in [-0.4, -0.2) is 51.7 Å². The first-order valence-electron chi connectivity index (χ1n) is 9.29. The minimum atomic E-state index is -4.48. The third-order valence-electron chi connectivity index (χ3n) is 4.85. The maximum absolute atomic E-state index is 12.8. The van der Waals surface area contributed by atoms with Gasteiger partial charge in [0.15, 0.2) is 0 Å². The third-order valence-corrected chi connectivity index (χ3v) is 4.85. The van der Waals surface area contributed by atoms with Gasteiger partial charge in [0.25, 0.3) is 5.91 Å². The lowest BCUT2D eigenvalue weighted by molar-refractivity contribution is -0.137. The molecule has 0 unspecified atom stereocenters. The zero-order valence-corrected chi connectivity index (χ0v) is 16.1. The van der Waals surface area contributed by atoms with Crippen molar-refractivity contribution in [1.82, 2.24) is 14.8 Å². The van der Waals surface area contributed by atoms with Crippen LogP contribution in [0, 0.1) is 0 Å². The summed E-state index contributed by atoms with van der Waals surface area (Å²) in [5, 5.41) is 14.2. The molecule has 1 aliphatic heterocycles. The van der Waals surface area contributed by atoms with Crippen LogP contribution in [0.5, 0.6) is 0 Å². The Morgan fingerprint density at radius 2 is 1.81 bits per heavy atom. The molecular formula is C19H20F3N5O4. The van der Waals surface area contributed by atoms with E-state index in [0.717, 1.165) is 12.1 Å². The Labute approximate surface area is 174 Å². The van der Waals surface area contributed by atoms with Crippen molar-refractivity contribution in [2.24, 2.45) is 5.73 Å². The summed E-state index contributed by atoms with van der Waals surface area (Å²) >= 11 is 0. The number of primary amides is 1. The van der Waals surface area contributed by atoms with Gasteiger partial charge < -0.3 is 30.9 Å². The van der Waals surface area contributed by atoms with E-state index in [1.807, 2.05) is 0 Å². The molecule has 0 aliphatic carbocycles. The summed E-state index contributed by atoms with van der Waals surface area (Å²) in [7, 11) is 0. The Bertz CT molecular complexity index is 987. The summed E-state index contributed by atoms with van der Waals surface area (Å²) in [4.78, 5) is 36.5. The number of urea groups is 1. The fourth-order valence-electron chi connectivity index (χ4n) is 3.37. The number of halogens is 3. The minimum absolute atomic E-state index is 0.0335. The smallest absolute Gasteiger partial charge is 0.416 e. The van der Waals surface area contributed by atoms with Crippen LogP contribution in [0.25, 0.3) is 5.69 Å². The average molecular weight is 439 g/mol. The first-order valence-corrected chi connectivity index (χ1v) is 9.29. The van der Waals surface area contributed by atoms with E-state index in [4.69, 9.17) is 10.8 Å². The molecule has 12 heteroatoms. The number of carbonyl (C=O) groups excluding carboxylic acids is 2. The van der Waals surface area contributed by atoms with Gasteiger partial charge in [-0.25, -0.2) is 9.59 Å². The van der Waals surface area contributed by atoms with Crippen molar-refractivity contribution in [3.63, 3.8) is 0 Å². The molecule has 166 valence electrons. The van der Waals surface area contributed by atoms with Crippen molar-refractivity contribution < 1.29 is 32.7 Å². The number of amides is 4. The minimum Gasteiger partial charge on any atom is -0.465 e. The number of carboxylic acid groups (broad SMARTS) is 1. The van der Waals surface area contributed by atoms with Crippen molar-refractivity contribution in [2.75, 3.05) is 18.4 Å². The quantitative estimate of drug-likeness (QED) is 0.584. The molecule has 1 atom stereocenters. The van der Waals surface area contributed by atoms with Crippen molar-refractivity contribution in [3.8, 4) is 5.69 Å². The van der Waals surface area contributed by atoms with E-state index in [9.17, 15) is 27.6 Å². The average Bonchev–Trinajstić information content (AvgIpc) is 3.11. The Morgan fingerprint density at radius 1 is 1.13 bits per heavy atom. The van der Waals surface area contributed by atoms with Crippen LogP contribution in [-0.2, 0) is 6.18 Å². The topological polar surface area (TPSA) is 130 Å². The zero-order chi connectivity index (χ0) is 22.8. The molecule has 0 bridgehead atoms. The van der Waals surface area contributed by atoms with Crippen LogP contribution >= 0.6 is 0 Å². The van der Waals surface area contributed by atoms with E-state index in [2.05, 4.69) is 10.6 Å². The van der Waals surface area contributed by atoms with E-state index in [-0.39, 0.29) is 17.8 Å². The number of nitrogens with one attached hydrogen (secondary N) is 2. The number of anilines is 1. The second-order valence-corrected chi connectivity index (χ2v) is 7.07. The Kier molecular flexibility index (Phi) is 6.09. The Balaban J connectivity index is 1.84. The van der Waals surface area contributed by atoms with Gasteiger partial charge in [-0.05, 0) is 37.1 Å². The number of rotatable bonds is 4. The SMILES string of the molecule is NC(=O)Nc1cn(-c2ccc(C(F)(F)F)cc2)cc1C(=O)N[C@H]1CCCN(C(=O)O)C1. The number of likely N-dealkylation sites (tertiary alicyclic amines) is 1. The monoisotopic (exact) mass is 439 g/mol. The summed E-state index contributed by atoms with van der Waals surface area (Å²) in [5.41, 5.74) is 4.76. The van der Waals surface area contributed by atoms with Crippen LogP contribution in [0.15, 0.2) is 36.7 Å². The number of alkyl halides is 3. The molecule has 1 fully saturated rings. The molecule has 2 aromatic rings. The highest BCUT2D eigenvalue weighted by molar-refractivity contribution is 6.03. The van der Waals surface area contributed by atoms with Gasteiger partial charge in [-0.1, -0.05) is 0 Å². The van der Waals surface area contributed by atoms with E-state index >= 15 is 0 Å². The lowest BCUT2D eigenvalue weighted by Gasteiger charge is -2.31. The summed E-state index contributed by atoms with van der Waals surface area (Å²) in [6.07, 6.45) is -1.70. The first kappa shape index (κ1) is 22.0. The van der Waals surface area contributed by atoms with E-state index in [0.29, 0.717) is 25.1 Å². The van der Waals surface area contributed by atoms with Crippen LogP contribution in [0.4, 0.5) is 28.4 Å². The second kappa shape index (κ2) is 8.58. The number of carbonyl (C=O) groups is 3. The molecule has 0 radical (unpaired) electrons. The number of nitrogens with two attached hydrogens (primary N) is 1. The standard InChI is InChI=1S/C19H20F3N5O4/c20-19(21,22)11-3-5-13(6-4-11)27-9-14(15(10-27)25-17(23)29)16(28)24-12-2-1-7-26(8-12)18(30)31/h3-6,9-10,12H,1-2,7-8H2,(H,24,28)(H,30,31)(H3,23,25,29)/t12-/m0/s1. The van der Waals surface area contributed by atoms with Gasteiger partial charge in [-0.3, -0.25) is 4.79 Å². The van der Waals surface area contributed by atoms with Crippen molar-refractivity contribution in [3.05, 3.63) is 47.8 Å². The van der Waals surface area contributed by atoms with Crippen LogP contribution < -0.4 is 16.4 Å². The molecule has 1 aromatic heterocycles. The summed E-state index contributed by atoms with van der Waals surface area (Å²) < 4.78 is 39.7. The molecule has 5 N–H and O–H groups in total. The second-order valence-electron chi connectivity index (χ2n) is 7.07. The van der Waals surface area contributed by atoms with Crippen LogP contribution in [0.2, 0.25) is 0 Å². The van der Waals surface area contributed by atoms with Gasteiger partial charge in [-0.15, -0.1) is 0 Å². The van der Waals surface area contributed by atoms with Gasteiger partial charge >= 0.3 is 18.3 Å². The maximum Gasteiger partial charge on any atom is 0.416 e. The molecule has 0 spiro atoms. The van der Waals surface area contributed by atoms with Gasteiger partial charge in [0.2, 0.25) is 0 Å². The number of piperidine rings is 1. The summed E-state index contributed by atoms with van der Waals surface area (Å²) in [6.45, 7) is 0.500. The van der Waals surface area contributed by atoms with Crippen molar-refractivity contribution >= 4 is 23.7 Å². The summed E-state index contributed by atoms with van der Waals surface area (Å²) in [6, 6.07) is 2.91. The zero-order valence-electron chi connectivity index (χ0n) is 16.1. The molecule has 1 saturated heterocycles. The number of hydrogen-bond donors (Lipinski definition) is 4. The predicted octanol–water partition coefficient (Wildman–Crippen LogP) is 2.86. The van der Waals surface area contributed by atoms with E-state index in [1.165, 1.54) is 34.0 Å². The number of benzene rings is 1. The molecular weight excluding hydrogens is 419 g/mol. The lowest BCUT2D eigenvalue weighted by Crippen LogP contribution is -2.49. The molecule has 3 rings (SSSR count). The lowest BCUT2D eigenvalue weighted by atomic mass is 10.1. The fraction of sp³-hybridized carbons (Fsp3) is 0.316. The van der Waals surface area contributed by atoms with Crippen molar-refractivity contribution in [2.45, 2.75) is 25.1 Å². The van der Waals surface area contributed by atoms with E-state index < -0.39 is 35.8 Å². The number of hydrogen-bond acceptors (Lipinski definition) is 3. The maximum atomic E-state index is 12.8. The van der Waals surface area contributed by atoms with Gasteiger partial charge in [0.05, 0.1) is 16.8 Å². The molecule has 1 aromatic carbocycles. The van der Waals surface area contributed by atoms with Gasteiger partial charge in [0.1, 0.15) is 0 Å². The Hall–Kier alpha value is -3.70. The molecule has 31 heavy (non-hydrogen) atoms. The highest BCUT2D eigenvalue weighted by Crippen LogP contribution is 2.30. The van der Waals surface area contributed by atoms with E-state index in [1.54, 1.807) is 0 Å². The number of nitrogens with zero attached hydrogens (tertiary/aromatic N) is 2. The molecule has 1 aliphatic rings. The van der Waals surface area contributed by atoms with Crippen LogP contribution in [0.1, 0.15) is 28.8 Å². The largest absolute Gasteiger partial charge is 0.465 e.